The van der Waals surface area contributed by atoms with E-state index in [1.165, 1.54) is 18.0 Å². The van der Waals surface area contributed by atoms with Gasteiger partial charge in [0, 0.05) is 31.0 Å². The van der Waals surface area contributed by atoms with Gasteiger partial charge in [0.05, 0.1) is 11.1 Å². The maximum atomic E-state index is 11.9. The van der Waals surface area contributed by atoms with Gasteiger partial charge in [-0.2, -0.15) is 0 Å². The highest BCUT2D eigenvalue weighted by molar-refractivity contribution is 5.93. The van der Waals surface area contributed by atoms with Crippen molar-refractivity contribution in [2.75, 3.05) is 0 Å². The fourth-order valence-electron chi connectivity index (χ4n) is 2.11. The molecule has 2 aromatic rings. The van der Waals surface area contributed by atoms with Gasteiger partial charge in [-0.25, -0.2) is 0 Å². The highest BCUT2D eigenvalue weighted by Gasteiger charge is 2.16. The number of H-pyrrole nitrogens is 1. The first-order valence-electron chi connectivity index (χ1n) is 6.71. The van der Waals surface area contributed by atoms with E-state index in [1.54, 1.807) is 0 Å². The number of hydrogen-bond acceptors (Lipinski definition) is 3. The van der Waals surface area contributed by atoms with Gasteiger partial charge in [-0.3, -0.25) is 14.9 Å². The Kier molecular flexibility index (Phi) is 4.42. The minimum atomic E-state index is -0.536. The standard InChI is InChI=1S/C14H18N4O3/c1-10(5-6-11-4-3-7-17(11)2)16-14(19)13-8-12(9-15-13)18(20)21/h3-4,7-10,15H,5-6H2,1-2H3,(H,16,19). The summed E-state index contributed by atoms with van der Waals surface area (Å²) in [6, 6.07) is 5.24. The van der Waals surface area contributed by atoms with E-state index in [1.807, 2.05) is 36.9 Å². The number of nitrogens with one attached hydrogen (secondary N) is 2. The molecule has 112 valence electrons. The summed E-state index contributed by atoms with van der Waals surface area (Å²) in [5.41, 5.74) is 1.29. The summed E-state index contributed by atoms with van der Waals surface area (Å²) in [5, 5.41) is 13.4. The molecule has 7 nitrogen and oxygen atoms in total. The molecular weight excluding hydrogens is 272 g/mol. The maximum absolute atomic E-state index is 11.9. The Balaban J connectivity index is 1.86. The van der Waals surface area contributed by atoms with E-state index >= 15 is 0 Å². The van der Waals surface area contributed by atoms with Crippen LogP contribution in [0.2, 0.25) is 0 Å². The van der Waals surface area contributed by atoms with Crippen molar-refractivity contribution in [1.29, 1.82) is 0 Å². The Hall–Kier alpha value is -2.57. The second kappa shape index (κ2) is 6.25. The molecule has 0 saturated heterocycles. The Morgan fingerprint density at radius 1 is 1.57 bits per heavy atom. The number of aryl methyl sites for hydroxylation is 2. The molecule has 0 saturated carbocycles. The minimum Gasteiger partial charge on any atom is -0.354 e. The maximum Gasteiger partial charge on any atom is 0.287 e. The van der Waals surface area contributed by atoms with Crippen LogP contribution in [0.25, 0.3) is 0 Å². The topological polar surface area (TPSA) is 93.0 Å². The highest BCUT2D eigenvalue weighted by Crippen LogP contribution is 2.12. The molecule has 1 unspecified atom stereocenters. The van der Waals surface area contributed by atoms with Crippen LogP contribution >= 0.6 is 0 Å². The second-order valence-electron chi connectivity index (χ2n) is 5.05. The summed E-state index contributed by atoms with van der Waals surface area (Å²) in [6.45, 7) is 1.91. The zero-order valence-electron chi connectivity index (χ0n) is 12.0. The zero-order valence-corrected chi connectivity index (χ0v) is 12.0. The van der Waals surface area contributed by atoms with Crippen LogP contribution in [-0.4, -0.2) is 26.4 Å². The van der Waals surface area contributed by atoms with E-state index in [2.05, 4.69) is 10.3 Å². The molecule has 0 aliphatic heterocycles. The van der Waals surface area contributed by atoms with Crippen LogP contribution in [0.15, 0.2) is 30.6 Å². The van der Waals surface area contributed by atoms with E-state index in [0.29, 0.717) is 0 Å². The first-order chi connectivity index (χ1) is 9.97. The van der Waals surface area contributed by atoms with Gasteiger partial charge in [-0.1, -0.05) is 0 Å². The van der Waals surface area contributed by atoms with Gasteiger partial charge < -0.3 is 14.9 Å². The van der Waals surface area contributed by atoms with Crippen molar-refractivity contribution >= 4 is 11.6 Å². The Bertz CT molecular complexity index is 644. The van der Waals surface area contributed by atoms with E-state index in [4.69, 9.17) is 0 Å². The van der Waals surface area contributed by atoms with Crippen molar-refractivity contribution in [3.8, 4) is 0 Å². The summed E-state index contributed by atoms with van der Waals surface area (Å²) in [4.78, 5) is 24.6. The van der Waals surface area contributed by atoms with E-state index in [-0.39, 0.29) is 23.3 Å². The number of aromatic nitrogens is 2. The molecule has 2 heterocycles. The largest absolute Gasteiger partial charge is 0.354 e. The summed E-state index contributed by atoms with van der Waals surface area (Å²) in [6.07, 6.45) is 4.85. The zero-order chi connectivity index (χ0) is 15.4. The Labute approximate surface area is 122 Å². The third-order valence-corrected chi connectivity index (χ3v) is 3.39. The first-order valence-corrected chi connectivity index (χ1v) is 6.71. The van der Waals surface area contributed by atoms with Crippen LogP contribution in [0.1, 0.15) is 29.5 Å². The number of nitrogens with zero attached hydrogens (tertiary/aromatic N) is 2. The van der Waals surface area contributed by atoms with Gasteiger partial charge in [0.25, 0.3) is 11.6 Å². The molecule has 2 aromatic heterocycles. The van der Waals surface area contributed by atoms with Gasteiger partial charge in [0.1, 0.15) is 5.69 Å². The fourth-order valence-corrected chi connectivity index (χ4v) is 2.11. The van der Waals surface area contributed by atoms with Crippen LogP contribution in [0.5, 0.6) is 0 Å². The third kappa shape index (κ3) is 3.71. The van der Waals surface area contributed by atoms with Gasteiger partial charge in [0.2, 0.25) is 0 Å². The van der Waals surface area contributed by atoms with E-state index < -0.39 is 4.92 Å². The predicted octanol–water partition coefficient (Wildman–Crippen LogP) is 2.01. The Morgan fingerprint density at radius 2 is 2.33 bits per heavy atom. The van der Waals surface area contributed by atoms with Crippen molar-refractivity contribution in [1.82, 2.24) is 14.9 Å². The molecule has 21 heavy (non-hydrogen) atoms. The van der Waals surface area contributed by atoms with Crippen molar-refractivity contribution in [3.05, 3.63) is 52.1 Å². The smallest absolute Gasteiger partial charge is 0.287 e. The lowest BCUT2D eigenvalue weighted by Crippen LogP contribution is -2.33. The number of carbonyl (C=O) groups is 1. The monoisotopic (exact) mass is 290 g/mol. The van der Waals surface area contributed by atoms with Crippen LogP contribution in [0, 0.1) is 10.1 Å². The number of nitro groups is 1. The average molecular weight is 290 g/mol. The van der Waals surface area contributed by atoms with Crippen molar-refractivity contribution in [3.63, 3.8) is 0 Å². The summed E-state index contributed by atoms with van der Waals surface area (Å²) in [5.74, 6) is -0.331. The molecule has 0 aromatic carbocycles. The van der Waals surface area contributed by atoms with Gasteiger partial charge in [0.15, 0.2) is 0 Å². The summed E-state index contributed by atoms with van der Waals surface area (Å²) >= 11 is 0. The van der Waals surface area contributed by atoms with Gasteiger partial charge in [-0.05, 0) is 31.9 Å². The number of carbonyl (C=O) groups excluding carboxylic acids is 1. The molecule has 0 aliphatic rings. The molecular formula is C14H18N4O3. The van der Waals surface area contributed by atoms with Crippen LogP contribution < -0.4 is 5.32 Å². The minimum absolute atomic E-state index is 0.0187. The summed E-state index contributed by atoms with van der Waals surface area (Å²) in [7, 11) is 1.98. The highest BCUT2D eigenvalue weighted by atomic mass is 16.6. The van der Waals surface area contributed by atoms with Crippen LogP contribution in [0.4, 0.5) is 5.69 Å². The molecule has 0 aliphatic carbocycles. The second-order valence-corrected chi connectivity index (χ2v) is 5.05. The third-order valence-electron chi connectivity index (χ3n) is 3.39. The molecule has 0 radical (unpaired) electrons. The summed E-state index contributed by atoms with van der Waals surface area (Å²) < 4.78 is 2.04. The molecule has 1 amide bonds. The number of hydrogen-bond donors (Lipinski definition) is 2. The van der Waals surface area contributed by atoms with E-state index in [9.17, 15) is 14.9 Å². The molecule has 0 bridgehead atoms. The van der Waals surface area contributed by atoms with E-state index in [0.717, 1.165) is 12.8 Å². The Morgan fingerprint density at radius 3 is 2.90 bits per heavy atom. The normalized spacial score (nSPS) is 12.1. The lowest BCUT2D eigenvalue weighted by molar-refractivity contribution is -0.384. The molecule has 0 spiro atoms. The van der Waals surface area contributed by atoms with Gasteiger partial charge in [-0.15, -0.1) is 0 Å². The van der Waals surface area contributed by atoms with Crippen LogP contribution in [0.3, 0.4) is 0 Å². The number of aromatic amines is 1. The van der Waals surface area contributed by atoms with Crippen LogP contribution in [-0.2, 0) is 13.5 Å². The predicted molar refractivity (Wildman–Crippen MR) is 78.1 cm³/mol. The molecule has 1 atom stereocenters. The SMILES string of the molecule is CC(CCc1cccn1C)NC(=O)c1cc([N+](=O)[O-])c[nH]1. The number of rotatable bonds is 6. The lowest BCUT2D eigenvalue weighted by atomic mass is 10.1. The lowest BCUT2D eigenvalue weighted by Gasteiger charge is -2.13. The fraction of sp³-hybridized carbons (Fsp3) is 0.357. The van der Waals surface area contributed by atoms with Crippen molar-refractivity contribution in [2.24, 2.45) is 7.05 Å². The average Bonchev–Trinajstić information content (AvgIpc) is 3.05. The van der Waals surface area contributed by atoms with Gasteiger partial charge >= 0.3 is 0 Å². The van der Waals surface area contributed by atoms with Crippen molar-refractivity contribution < 1.29 is 9.72 Å². The number of amides is 1. The quantitative estimate of drug-likeness (QED) is 0.629. The molecule has 2 rings (SSSR count). The molecule has 2 N–H and O–H groups in total. The first kappa shape index (κ1) is 14.8. The molecule has 0 fully saturated rings. The van der Waals surface area contributed by atoms with Crippen molar-refractivity contribution in [2.45, 2.75) is 25.8 Å². The molecule has 7 heteroatoms.